The van der Waals surface area contributed by atoms with E-state index in [-0.39, 0.29) is 18.5 Å². The van der Waals surface area contributed by atoms with Crippen molar-refractivity contribution < 1.29 is 14.3 Å². The predicted octanol–water partition coefficient (Wildman–Crippen LogP) is 4.00. The minimum Gasteiger partial charge on any atom is -0.469 e. The summed E-state index contributed by atoms with van der Waals surface area (Å²) >= 11 is 6.21. The monoisotopic (exact) mass is 360 g/mol. The van der Waals surface area contributed by atoms with Crippen molar-refractivity contribution in [2.24, 2.45) is 0 Å². The molecule has 25 heavy (non-hydrogen) atoms. The van der Waals surface area contributed by atoms with Crippen LogP contribution in [0.15, 0.2) is 54.6 Å². The van der Waals surface area contributed by atoms with E-state index in [0.717, 1.165) is 5.56 Å². The highest BCUT2D eigenvalue weighted by Crippen LogP contribution is 2.25. The van der Waals surface area contributed by atoms with E-state index in [1.54, 1.807) is 24.3 Å². The SMILES string of the molecule is COC(=O)C[C@@H](NC(=O)N[C@@H](C)c1ccccc1)c1ccccc1Cl. The quantitative estimate of drug-likeness (QED) is 0.765. The Morgan fingerprint density at radius 2 is 1.68 bits per heavy atom. The molecule has 0 fully saturated rings. The third kappa shape index (κ3) is 5.50. The van der Waals surface area contributed by atoms with Gasteiger partial charge in [-0.25, -0.2) is 4.79 Å². The number of benzene rings is 2. The molecule has 2 aromatic rings. The van der Waals surface area contributed by atoms with E-state index in [2.05, 4.69) is 10.6 Å². The second-order valence-corrected chi connectivity index (χ2v) is 6.01. The Hall–Kier alpha value is -2.53. The third-order valence-corrected chi connectivity index (χ3v) is 4.18. The molecule has 0 bridgehead atoms. The fraction of sp³-hybridized carbons (Fsp3) is 0.263. The van der Waals surface area contributed by atoms with Crippen LogP contribution in [0.1, 0.15) is 36.6 Å². The first kappa shape index (κ1) is 18.8. The largest absolute Gasteiger partial charge is 0.469 e. The van der Waals surface area contributed by atoms with Gasteiger partial charge in [0.25, 0.3) is 0 Å². The number of halogens is 1. The molecule has 2 amide bonds. The van der Waals surface area contributed by atoms with Crippen LogP contribution < -0.4 is 10.6 Å². The zero-order valence-corrected chi connectivity index (χ0v) is 14.9. The first-order valence-electron chi connectivity index (χ1n) is 7.94. The van der Waals surface area contributed by atoms with E-state index in [1.165, 1.54) is 7.11 Å². The number of esters is 1. The maximum absolute atomic E-state index is 12.4. The fourth-order valence-corrected chi connectivity index (χ4v) is 2.74. The topological polar surface area (TPSA) is 67.4 Å². The number of methoxy groups -OCH3 is 1. The Kier molecular flexibility index (Phi) is 6.83. The number of hydrogen-bond donors (Lipinski definition) is 2. The third-order valence-electron chi connectivity index (χ3n) is 3.83. The first-order valence-corrected chi connectivity index (χ1v) is 8.32. The molecule has 132 valence electrons. The van der Waals surface area contributed by atoms with Crippen LogP contribution in [0.5, 0.6) is 0 Å². The summed E-state index contributed by atoms with van der Waals surface area (Å²) in [6.07, 6.45) is -0.00658. The molecule has 0 saturated carbocycles. The average molecular weight is 361 g/mol. The highest BCUT2D eigenvalue weighted by molar-refractivity contribution is 6.31. The summed E-state index contributed by atoms with van der Waals surface area (Å²) in [5.74, 6) is -0.429. The molecular weight excluding hydrogens is 340 g/mol. The standard InChI is InChI=1S/C19H21ClN2O3/c1-13(14-8-4-3-5-9-14)21-19(24)22-17(12-18(23)25-2)15-10-6-7-11-16(15)20/h3-11,13,17H,12H2,1-2H3,(H2,21,22,24)/t13-,17+/m0/s1. The van der Waals surface area contributed by atoms with Crippen molar-refractivity contribution in [3.8, 4) is 0 Å². The van der Waals surface area contributed by atoms with E-state index in [9.17, 15) is 9.59 Å². The van der Waals surface area contributed by atoms with Crippen LogP contribution in [0.4, 0.5) is 4.79 Å². The minimum absolute atomic E-state index is 0.00658. The molecule has 6 heteroatoms. The number of urea groups is 1. The van der Waals surface area contributed by atoms with Crippen molar-refractivity contribution in [3.63, 3.8) is 0 Å². The molecule has 0 radical (unpaired) electrons. The lowest BCUT2D eigenvalue weighted by molar-refractivity contribution is -0.141. The maximum atomic E-state index is 12.4. The van der Waals surface area contributed by atoms with Gasteiger partial charge in [-0.15, -0.1) is 0 Å². The molecule has 0 spiro atoms. The Bertz CT molecular complexity index is 722. The second kappa shape index (κ2) is 9.08. The fourth-order valence-electron chi connectivity index (χ4n) is 2.47. The zero-order valence-electron chi connectivity index (χ0n) is 14.2. The highest BCUT2D eigenvalue weighted by atomic mass is 35.5. The molecule has 2 rings (SSSR count). The number of nitrogens with one attached hydrogen (secondary N) is 2. The Morgan fingerprint density at radius 3 is 2.32 bits per heavy atom. The van der Waals surface area contributed by atoms with E-state index in [1.807, 2.05) is 37.3 Å². The Morgan fingerprint density at radius 1 is 1.04 bits per heavy atom. The Labute approximate surface area is 152 Å². The Balaban J connectivity index is 2.09. The van der Waals surface area contributed by atoms with Crippen LogP contribution in [0.2, 0.25) is 5.02 Å². The van der Waals surface area contributed by atoms with Gasteiger partial charge in [0.05, 0.1) is 25.6 Å². The lowest BCUT2D eigenvalue weighted by atomic mass is 10.0. The van der Waals surface area contributed by atoms with Gasteiger partial charge >= 0.3 is 12.0 Å². The van der Waals surface area contributed by atoms with Gasteiger partial charge in [-0.2, -0.15) is 0 Å². The zero-order chi connectivity index (χ0) is 18.2. The molecule has 0 aromatic heterocycles. The molecule has 2 atom stereocenters. The van der Waals surface area contributed by atoms with Gasteiger partial charge in [0.1, 0.15) is 0 Å². The van der Waals surface area contributed by atoms with Gasteiger partial charge in [0, 0.05) is 5.02 Å². The summed E-state index contributed by atoms with van der Waals surface area (Å²) in [4.78, 5) is 24.1. The van der Waals surface area contributed by atoms with Crippen LogP contribution in [-0.4, -0.2) is 19.1 Å². The molecular formula is C19H21ClN2O3. The number of carbonyl (C=O) groups excluding carboxylic acids is 2. The van der Waals surface area contributed by atoms with Crippen LogP contribution >= 0.6 is 11.6 Å². The molecule has 0 aliphatic carbocycles. The van der Waals surface area contributed by atoms with Gasteiger partial charge in [0.15, 0.2) is 0 Å². The summed E-state index contributed by atoms with van der Waals surface area (Å²) in [6, 6.07) is 15.6. The molecule has 0 saturated heterocycles. The highest BCUT2D eigenvalue weighted by Gasteiger charge is 2.21. The molecule has 0 unspecified atom stereocenters. The van der Waals surface area contributed by atoms with Crippen molar-refractivity contribution in [3.05, 3.63) is 70.7 Å². The van der Waals surface area contributed by atoms with Crippen LogP contribution in [-0.2, 0) is 9.53 Å². The summed E-state index contributed by atoms with van der Waals surface area (Å²) < 4.78 is 4.72. The van der Waals surface area contributed by atoms with Crippen LogP contribution in [0.25, 0.3) is 0 Å². The normalized spacial score (nSPS) is 12.8. The van der Waals surface area contributed by atoms with E-state index < -0.39 is 12.0 Å². The van der Waals surface area contributed by atoms with E-state index in [0.29, 0.717) is 10.6 Å². The molecule has 2 aromatic carbocycles. The first-order chi connectivity index (χ1) is 12.0. The van der Waals surface area contributed by atoms with Crippen molar-refractivity contribution in [2.45, 2.75) is 25.4 Å². The number of rotatable bonds is 6. The molecule has 0 aliphatic heterocycles. The van der Waals surface area contributed by atoms with Crippen molar-refractivity contribution >= 4 is 23.6 Å². The van der Waals surface area contributed by atoms with Gasteiger partial charge < -0.3 is 15.4 Å². The molecule has 0 aliphatic rings. The number of ether oxygens (including phenoxy) is 1. The number of amides is 2. The summed E-state index contributed by atoms with van der Waals surface area (Å²) in [6.45, 7) is 1.89. The molecule has 0 heterocycles. The summed E-state index contributed by atoms with van der Waals surface area (Å²) in [5, 5.41) is 6.15. The van der Waals surface area contributed by atoms with Crippen molar-refractivity contribution in [1.82, 2.24) is 10.6 Å². The number of carbonyl (C=O) groups is 2. The van der Waals surface area contributed by atoms with E-state index in [4.69, 9.17) is 16.3 Å². The van der Waals surface area contributed by atoms with Crippen LogP contribution in [0.3, 0.4) is 0 Å². The van der Waals surface area contributed by atoms with Gasteiger partial charge in [-0.05, 0) is 24.1 Å². The lowest BCUT2D eigenvalue weighted by Crippen LogP contribution is -2.40. The van der Waals surface area contributed by atoms with Crippen molar-refractivity contribution in [1.29, 1.82) is 0 Å². The van der Waals surface area contributed by atoms with Crippen molar-refractivity contribution in [2.75, 3.05) is 7.11 Å². The lowest BCUT2D eigenvalue weighted by Gasteiger charge is -2.21. The predicted molar refractivity (Wildman–Crippen MR) is 97.4 cm³/mol. The number of hydrogen-bond acceptors (Lipinski definition) is 3. The summed E-state index contributed by atoms with van der Waals surface area (Å²) in [5.41, 5.74) is 1.65. The van der Waals surface area contributed by atoms with Gasteiger partial charge in [-0.1, -0.05) is 60.1 Å². The van der Waals surface area contributed by atoms with E-state index >= 15 is 0 Å². The smallest absolute Gasteiger partial charge is 0.315 e. The maximum Gasteiger partial charge on any atom is 0.315 e. The summed E-state index contributed by atoms with van der Waals surface area (Å²) in [7, 11) is 1.31. The minimum atomic E-state index is -0.580. The molecule has 5 nitrogen and oxygen atoms in total. The second-order valence-electron chi connectivity index (χ2n) is 5.60. The molecule has 2 N–H and O–H groups in total. The average Bonchev–Trinajstić information content (AvgIpc) is 2.62. The van der Waals surface area contributed by atoms with Gasteiger partial charge in [-0.3, -0.25) is 4.79 Å². The van der Waals surface area contributed by atoms with Crippen LogP contribution in [0, 0.1) is 0 Å². The van der Waals surface area contributed by atoms with Gasteiger partial charge in [0.2, 0.25) is 0 Å².